The van der Waals surface area contributed by atoms with Gasteiger partial charge in [-0.25, -0.2) is 0 Å². The number of hydrogen-bond donors (Lipinski definition) is 1. The Bertz CT molecular complexity index is 691. The standard InChI is InChI=1S/C20H27N3O4/c1-3-26-18-6-5-16(13-19(18)27-4-2)7-8-22-15-17(14-21)20(24)23-9-11-25-12-10-23/h5-6,13,15,22H,3-4,7-12H2,1-2H3/b17-15-. The molecule has 0 aromatic heterocycles. The molecule has 0 bridgehead atoms. The number of amides is 1. The van der Waals surface area contributed by atoms with Gasteiger partial charge in [-0.15, -0.1) is 0 Å². The van der Waals surface area contributed by atoms with E-state index in [1.165, 1.54) is 6.20 Å². The van der Waals surface area contributed by atoms with Crippen LogP contribution in [0.3, 0.4) is 0 Å². The molecular weight excluding hydrogens is 346 g/mol. The first-order valence-corrected chi connectivity index (χ1v) is 9.28. The van der Waals surface area contributed by atoms with Crippen LogP contribution in [0.1, 0.15) is 19.4 Å². The molecule has 7 nitrogen and oxygen atoms in total. The summed E-state index contributed by atoms with van der Waals surface area (Å²) >= 11 is 0. The molecule has 1 saturated heterocycles. The van der Waals surface area contributed by atoms with Crippen LogP contribution in [0.4, 0.5) is 0 Å². The molecule has 1 aliphatic heterocycles. The molecule has 7 heteroatoms. The molecular formula is C20H27N3O4. The van der Waals surface area contributed by atoms with Crippen LogP contribution in [0, 0.1) is 11.3 Å². The van der Waals surface area contributed by atoms with E-state index in [1.807, 2.05) is 38.1 Å². The monoisotopic (exact) mass is 373 g/mol. The lowest BCUT2D eigenvalue weighted by molar-refractivity contribution is -0.130. The Morgan fingerprint density at radius 3 is 2.63 bits per heavy atom. The second-order valence-electron chi connectivity index (χ2n) is 5.93. The molecule has 1 N–H and O–H groups in total. The van der Waals surface area contributed by atoms with Gasteiger partial charge in [0.2, 0.25) is 0 Å². The molecule has 0 spiro atoms. The minimum atomic E-state index is -0.256. The number of morpholine rings is 1. The third-order valence-corrected chi connectivity index (χ3v) is 4.06. The van der Waals surface area contributed by atoms with E-state index < -0.39 is 0 Å². The Kier molecular flexibility index (Phi) is 8.46. The fourth-order valence-corrected chi connectivity index (χ4v) is 2.72. The maximum Gasteiger partial charge on any atom is 0.266 e. The number of benzene rings is 1. The molecule has 0 saturated carbocycles. The topological polar surface area (TPSA) is 83.8 Å². The van der Waals surface area contributed by atoms with E-state index in [0.717, 1.165) is 23.5 Å². The van der Waals surface area contributed by atoms with Crippen molar-refractivity contribution in [3.63, 3.8) is 0 Å². The summed E-state index contributed by atoms with van der Waals surface area (Å²) in [5, 5.41) is 12.3. The van der Waals surface area contributed by atoms with E-state index in [4.69, 9.17) is 14.2 Å². The van der Waals surface area contributed by atoms with Crippen LogP contribution in [-0.4, -0.2) is 56.9 Å². The van der Waals surface area contributed by atoms with E-state index in [9.17, 15) is 10.1 Å². The maximum absolute atomic E-state index is 12.3. The predicted octanol–water partition coefficient (Wildman–Crippen LogP) is 1.88. The summed E-state index contributed by atoms with van der Waals surface area (Å²) in [5.41, 5.74) is 1.19. The lowest BCUT2D eigenvalue weighted by atomic mass is 10.1. The number of rotatable bonds is 9. The molecule has 1 fully saturated rings. The Labute approximate surface area is 160 Å². The molecule has 0 radical (unpaired) electrons. The van der Waals surface area contributed by atoms with E-state index in [1.54, 1.807) is 4.90 Å². The highest BCUT2D eigenvalue weighted by molar-refractivity contribution is 5.97. The molecule has 0 aliphatic carbocycles. The first-order chi connectivity index (χ1) is 13.2. The highest BCUT2D eigenvalue weighted by Gasteiger charge is 2.20. The average molecular weight is 373 g/mol. The van der Waals surface area contributed by atoms with Crippen LogP contribution in [0.5, 0.6) is 11.5 Å². The second kappa shape index (κ2) is 11.1. The minimum absolute atomic E-state index is 0.110. The molecule has 1 amide bonds. The van der Waals surface area contributed by atoms with E-state index in [2.05, 4.69) is 5.32 Å². The SMILES string of the molecule is CCOc1ccc(CCN/C=C(/C#N)C(=O)N2CCOCC2)cc1OCC. The summed E-state index contributed by atoms with van der Waals surface area (Å²) in [5.74, 6) is 1.21. The van der Waals surface area contributed by atoms with Crippen LogP contribution in [-0.2, 0) is 16.0 Å². The van der Waals surface area contributed by atoms with Gasteiger partial charge in [0, 0.05) is 25.8 Å². The van der Waals surface area contributed by atoms with Crippen molar-refractivity contribution in [1.82, 2.24) is 10.2 Å². The molecule has 146 valence electrons. The van der Waals surface area contributed by atoms with Crippen LogP contribution < -0.4 is 14.8 Å². The molecule has 1 heterocycles. The number of ether oxygens (including phenoxy) is 3. The lowest BCUT2D eigenvalue weighted by Gasteiger charge is -2.26. The Hall–Kier alpha value is -2.72. The van der Waals surface area contributed by atoms with Gasteiger partial charge >= 0.3 is 0 Å². The summed E-state index contributed by atoms with van der Waals surface area (Å²) in [4.78, 5) is 14.0. The first kappa shape index (κ1) is 20.6. The van der Waals surface area contributed by atoms with Gasteiger partial charge in [0.25, 0.3) is 5.91 Å². The van der Waals surface area contributed by atoms with Crippen molar-refractivity contribution in [3.05, 3.63) is 35.5 Å². The van der Waals surface area contributed by atoms with Crippen molar-refractivity contribution in [3.8, 4) is 17.6 Å². The summed E-state index contributed by atoms with van der Waals surface area (Å²) in [7, 11) is 0. The van der Waals surface area contributed by atoms with Gasteiger partial charge in [0.15, 0.2) is 11.5 Å². The quantitative estimate of drug-likeness (QED) is 0.404. The maximum atomic E-state index is 12.3. The van der Waals surface area contributed by atoms with Crippen molar-refractivity contribution in [2.45, 2.75) is 20.3 Å². The molecule has 0 unspecified atom stereocenters. The number of hydrogen-bond acceptors (Lipinski definition) is 6. The predicted molar refractivity (Wildman–Crippen MR) is 102 cm³/mol. The third kappa shape index (κ3) is 6.19. The summed E-state index contributed by atoms with van der Waals surface area (Å²) in [6.07, 6.45) is 2.23. The third-order valence-electron chi connectivity index (χ3n) is 4.06. The van der Waals surface area contributed by atoms with Crippen molar-refractivity contribution < 1.29 is 19.0 Å². The minimum Gasteiger partial charge on any atom is -0.490 e. The largest absolute Gasteiger partial charge is 0.490 e. The van der Waals surface area contributed by atoms with Crippen LogP contribution in [0.25, 0.3) is 0 Å². The average Bonchev–Trinajstić information content (AvgIpc) is 2.70. The zero-order valence-electron chi connectivity index (χ0n) is 16.0. The normalized spacial score (nSPS) is 14.4. The zero-order valence-corrected chi connectivity index (χ0v) is 16.0. The Morgan fingerprint density at radius 1 is 1.26 bits per heavy atom. The van der Waals surface area contributed by atoms with E-state index in [-0.39, 0.29) is 11.5 Å². The van der Waals surface area contributed by atoms with Crippen LogP contribution >= 0.6 is 0 Å². The molecule has 27 heavy (non-hydrogen) atoms. The number of nitrogens with one attached hydrogen (secondary N) is 1. The fraction of sp³-hybridized carbons (Fsp3) is 0.500. The molecule has 2 rings (SSSR count). The van der Waals surface area contributed by atoms with Crippen molar-refractivity contribution in [1.29, 1.82) is 5.26 Å². The van der Waals surface area contributed by atoms with Crippen LogP contribution in [0.2, 0.25) is 0 Å². The molecule has 1 aromatic rings. The summed E-state index contributed by atoms with van der Waals surface area (Å²) in [6.45, 7) is 7.68. The van der Waals surface area contributed by atoms with Crippen molar-refractivity contribution in [2.24, 2.45) is 0 Å². The molecule has 0 atom stereocenters. The second-order valence-corrected chi connectivity index (χ2v) is 5.93. The van der Waals surface area contributed by atoms with Crippen molar-refractivity contribution in [2.75, 3.05) is 46.1 Å². The van der Waals surface area contributed by atoms with Gasteiger partial charge in [0.05, 0.1) is 26.4 Å². The van der Waals surface area contributed by atoms with Gasteiger partial charge < -0.3 is 24.4 Å². The van der Waals surface area contributed by atoms with Gasteiger partial charge in [-0.05, 0) is 38.0 Å². The van der Waals surface area contributed by atoms with Crippen molar-refractivity contribution >= 4 is 5.91 Å². The van der Waals surface area contributed by atoms with Crippen LogP contribution in [0.15, 0.2) is 30.0 Å². The summed E-state index contributed by atoms with van der Waals surface area (Å²) in [6, 6.07) is 7.83. The highest BCUT2D eigenvalue weighted by Crippen LogP contribution is 2.28. The van der Waals surface area contributed by atoms with Gasteiger partial charge in [-0.2, -0.15) is 5.26 Å². The fourth-order valence-electron chi connectivity index (χ4n) is 2.72. The van der Waals surface area contributed by atoms with E-state index >= 15 is 0 Å². The zero-order chi connectivity index (χ0) is 19.5. The number of carbonyl (C=O) groups excluding carboxylic acids is 1. The molecule has 1 aliphatic rings. The summed E-state index contributed by atoms with van der Waals surface area (Å²) < 4.78 is 16.4. The first-order valence-electron chi connectivity index (χ1n) is 9.28. The smallest absolute Gasteiger partial charge is 0.266 e. The van der Waals surface area contributed by atoms with E-state index in [0.29, 0.717) is 46.1 Å². The van der Waals surface area contributed by atoms with Gasteiger partial charge in [-0.1, -0.05) is 6.07 Å². The number of carbonyl (C=O) groups is 1. The lowest BCUT2D eigenvalue weighted by Crippen LogP contribution is -2.41. The number of nitrogens with zero attached hydrogens (tertiary/aromatic N) is 2. The van der Waals surface area contributed by atoms with Gasteiger partial charge in [-0.3, -0.25) is 4.79 Å². The highest BCUT2D eigenvalue weighted by atomic mass is 16.5. The Morgan fingerprint density at radius 2 is 1.96 bits per heavy atom. The molecule has 1 aromatic carbocycles. The Balaban J connectivity index is 1.90. The van der Waals surface area contributed by atoms with Gasteiger partial charge in [0.1, 0.15) is 11.6 Å². The number of nitriles is 1.